The Morgan fingerprint density at radius 1 is 1.05 bits per heavy atom. The van der Waals surface area contributed by atoms with Crippen LogP contribution in [0.25, 0.3) is 10.8 Å². The van der Waals surface area contributed by atoms with E-state index in [9.17, 15) is 0 Å². The lowest BCUT2D eigenvalue weighted by molar-refractivity contribution is 0.464. The van der Waals surface area contributed by atoms with Crippen LogP contribution in [0.4, 0.5) is 0 Å². The Morgan fingerprint density at radius 2 is 1.76 bits per heavy atom. The molecule has 0 aliphatic rings. The maximum atomic E-state index is 6.19. The third-order valence-electron chi connectivity index (χ3n) is 2.94. The van der Waals surface area contributed by atoms with Crippen LogP contribution in [0.3, 0.4) is 0 Å². The Kier molecular flexibility index (Phi) is 3.68. The quantitative estimate of drug-likeness (QED) is 0.747. The van der Waals surface area contributed by atoms with Crippen molar-refractivity contribution in [2.24, 2.45) is 5.73 Å². The highest BCUT2D eigenvalue weighted by Crippen LogP contribution is 2.33. The van der Waals surface area contributed by atoms with E-state index in [1.807, 2.05) is 24.3 Å². The Morgan fingerprint density at radius 3 is 2.52 bits per heavy atom. The van der Waals surface area contributed by atoms with E-state index in [-0.39, 0.29) is 10.9 Å². The van der Waals surface area contributed by atoms with E-state index >= 15 is 0 Å². The molecule has 6 heteroatoms. The molecule has 1 aromatic heterocycles. The largest absolute Gasteiger partial charge is 0.436 e. The molecule has 0 amide bonds. The van der Waals surface area contributed by atoms with Crippen LogP contribution in [0.5, 0.6) is 11.6 Å². The number of benzene rings is 2. The molecule has 0 radical (unpaired) electrons. The van der Waals surface area contributed by atoms with Crippen molar-refractivity contribution in [3.05, 3.63) is 59.5 Å². The van der Waals surface area contributed by atoms with Gasteiger partial charge in [-0.05, 0) is 12.1 Å². The second-order valence-corrected chi connectivity index (χ2v) is 5.11. The lowest BCUT2D eigenvalue weighted by Crippen LogP contribution is -2.13. The number of nitrogens with two attached hydrogens (primary N) is 1. The molecular weight excluding hydrogens is 306 g/mol. The minimum Gasteiger partial charge on any atom is -0.436 e. The molecule has 0 aliphatic heterocycles. The molecule has 104 valence electrons. The van der Waals surface area contributed by atoms with Crippen molar-refractivity contribution in [3.63, 3.8) is 0 Å². The molecule has 0 unspecified atom stereocenters. The van der Waals surface area contributed by atoms with Crippen molar-refractivity contribution in [2.75, 3.05) is 0 Å². The molecule has 2 aromatic carbocycles. The van der Waals surface area contributed by atoms with E-state index in [2.05, 4.69) is 9.97 Å². The van der Waals surface area contributed by atoms with Gasteiger partial charge in [-0.3, -0.25) is 0 Å². The van der Waals surface area contributed by atoms with Gasteiger partial charge in [0, 0.05) is 28.2 Å². The molecule has 0 saturated carbocycles. The van der Waals surface area contributed by atoms with Crippen LogP contribution < -0.4 is 10.5 Å². The van der Waals surface area contributed by atoms with Crippen LogP contribution in [0.2, 0.25) is 5.02 Å². The van der Waals surface area contributed by atoms with E-state index in [0.29, 0.717) is 16.5 Å². The Bertz CT molecular complexity index is 838. The second kappa shape index (κ2) is 5.63. The predicted molar refractivity (Wildman–Crippen MR) is 87.0 cm³/mol. The third kappa shape index (κ3) is 2.66. The molecule has 0 spiro atoms. The van der Waals surface area contributed by atoms with Gasteiger partial charge in [-0.1, -0.05) is 48.1 Å². The highest BCUT2D eigenvalue weighted by Gasteiger charge is 2.12. The summed E-state index contributed by atoms with van der Waals surface area (Å²) in [6, 6.07) is 11.2. The topological polar surface area (TPSA) is 61.0 Å². The zero-order valence-electron chi connectivity index (χ0n) is 10.8. The molecule has 21 heavy (non-hydrogen) atoms. The van der Waals surface area contributed by atoms with Crippen molar-refractivity contribution in [1.29, 1.82) is 0 Å². The van der Waals surface area contributed by atoms with Crippen molar-refractivity contribution >= 4 is 39.6 Å². The van der Waals surface area contributed by atoms with E-state index in [4.69, 9.17) is 34.3 Å². The first-order valence-electron chi connectivity index (χ1n) is 6.13. The SMILES string of the molecule is NC(=S)c1nccnc1Oc1ccc(Cl)c2ccccc12. The number of fused-ring (bicyclic) bond motifs is 1. The summed E-state index contributed by atoms with van der Waals surface area (Å²) in [4.78, 5) is 8.37. The van der Waals surface area contributed by atoms with Gasteiger partial charge in [0.15, 0.2) is 5.69 Å². The van der Waals surface area contributed by atoms with Crippen molar-refractivity contribution in [3.8, 4) is 11.6 Å². The summed E-state index contributed by atoms with van der Waals surface area (Å²) in [7, 11) is 0. The van der Waals surface area contributed by atoms with Crippen molar-refractivity contribution in [1.82, 2.24) is 9.97 Å². The minimum atomic E-state index is 0.136. The predicted octanol–water partition coefficient (Wildman–Crippen LogP) is 3.71. The maximum Gasteiger partial charge on any atom is 0.248 e. The zero-order valence-corrected chi connectivity index (χ0v) is 12.4. The number of hydrogen-bond donors (Lipinski definition) is 1. The number of thiocarbonyl (C=S) groups is 1. The fraction of sp³-hybridized carbons (Fsp3) is 0. The Labute approximate surface area is 131 Å². The highest BCUT2D eigenvalue weighted by molar-refractivity contribution is 7.80. The summed E-state index contributed by atoms with van der Waals surface area (Å²) in [6.45, 7) is 0. The molecule has 0 saturated heterocycles. The van der Waals surface area contributed by atoms with Crippen LogP contribution in [-0.4, -0.2) is 15.0 Å². The standard InChI is InChI=1S/C15H10ClN3OS/c16-11-5-6-12(10-4-2-1-3-9(10)11)20-15-13(14(17)21)18-7-8-19-15/h1-8H,(H2,17,21). The normalized spacial score (nSPS) is 10.5. The number of halogens is 1. The lowest BCUT2D eigenvalue weighted by atomic mass is 10.1. The summed E-state index contributed by atoms with van der Waals surface area (Å²) in [5.41, 5.74) is 5.99. The van der Waals surface area contributed by atoms with Gasteiger partial charge in [-0.25, -0.2) is 9.97 Å². The Balaban J connectivity index is 2.11. The minimum absolute atomic E-state index is 0.136. The van der Waals surface area contributed by atoms with Gasteiger partial charge in [0.1, 0.15) is 10.7 Å². The zero-order chi connectivity index (χ0) is 14.8. The average Bonchev–Trinajstić information content (AvgIpc) is 2.51. The van der Waals surface area contributed by atoms with Gasteiger partial charge in [-0.2, -0.15) is 0 Å². The highest BCUT2D eigenvalue weighted by atomic mass is 35.5. The first-order chi connectivity index (χ1) is 10.2. The lowest BCUT2D eigenvalue weighted by Gasteiger charge is -2.11. The summed E-state index contributed by atoms with van der Waals surface area (Å²) in [5.74, 6) is 0.894. The van der Waals surface area contributed by atoms with Gasteiger partial charge in [0.05, 0.1) is 0 Å². The first kappa shape index (κ1) is 13.7. The van der Waals surface area contributed by atoms with Crippen LogP contribution >= 0.6 is 23.8 Å². The van der Waals surface area contributed by atoms with E-state index in [1.54, 1.807) is 12.1 Å². The van der Waals surface area contributed by atoms with Gasteiger partial charge in [-0.15, -0.1) is 0 Å². The van der Waals surface area contributed by atoms with Gasteiger partial charge in [0.2, 0.25) is 5.88 Å². The molecule has 0 bridgehead atoms. The molecule has 0 atom stereocenters. The number of hydrogen-bond acceptors (Lipinski definition) is 4. The number of rotatable bonds is 3. The van der Waals surface area contributed by atoms with Gasteiger partial charge >= 0.3 is 0 Å². The summed E-state index contributed by atoms with van der Waals surface area (Å²) >= 11 is 11.1. The smallest absolute Gasteiger partial charge is 0.248 e. The second-order valence-electron chi connectivity index (χ2n) is 4.27. The molecule has 0 fully saturated rings. The van der Waals surface area contributed by atoms with Gasteiger partial charge in [0.25, 0.3) is 0 Å². The van der Waals surface area contributed by atoms with Crippen LogP contribution in [-0.2, 0) is 0 Å². The molecular formula is C15H10ClN3OS. The summed E-state index contributed by atoms with van der Waals surface area (Å²) in [5, 5.41) is 2.44. The molecule has 0 aliphatic carbocycles. The molecule has 4 nitrogen and oxygen atoms in total. The molecule has 2 N–H and O–H groups in total. The van der Waals surface area contributed by atoms with Crippen molar-refractivity contribution in [2.45, 2.75) is 0 Å². The summed E-state index contributed by atoms with van der Waals surface area (Å²) in [6.07, 6.45) is 3.04. The van der Waals surface area contributed by atoms with Crippen LogP contribution in [0, 0.1) is 0 Å². The maximum absolute atomic E-state index is 6.19. The average molecular weight is 316 g/mol. The fourth-order valence-electron chi connectivity index (χ4n) is 2.00. The van der Waals surface area contributed by atoms with Crippen molar-refractivity contribution < 1.29 is 4.74 Å². The van der Waals surface area contributed by atoms with E-state index in [1.165, 1.54) is 12.4 Å². The Hall–Kier alpha value is -2.24. The van der Waals surface area contributed by atoms with Crippen LogP contribution in [0.1, 0.15) is 5.69 Å². The fourth-order valence-corrected chi connectivity index (χ4v) is 2.36. The molecule has 3 aromatic rings. The molecule has 1 heterocycles. The number of nitrogens with zero attached hydrogens (tertiary/aromatic N) is 2. The van der Waals surface area contributed by atoms with Gasteiger partial charge < -0.3 is 10.5 Å². The number of aromatic nitrogens is 2. The monoisotopic (exact) mass is 315 g/mol. The van der Waals surface area contributed by atoms with E-state index < -0.39 is 0 Å². The molecule has 3 rings (SSSR count). The number of ether oxygens (including phenoxy) is 1. The van der Waals surface area contributed by atoms with Crippen LogP contribution in [0.15, 0.2) is 48.8 Å². The third-order valence-corrected chi connectivity index (χ3v) is 3.46. The summed E-state index contributed by atoms with van der Waals surface area (Å²) < 4.78 is 5.84. The first-order valence-corrected chi connectivity index (χ1v) is 6.91. The van der Waals surface area contributed by atoms with E-state index in [0.717, 1.165) is 10.8 Å².